The Morgan fingerprint density at radius 1 is 0.457 bits per heavy atom. The number of ether oxygens (including phenoxy) is 2. The summed E-state index contributed by atoms with van der Waals surface area (Å²) in [5, 5.41) is 20.4. The van der Waals surface area contributed by atoms with Crippen molar-refractivity contribution < 1.29 is 29.3 Å². The van der Waals surface area contributed by atoms with E-state index in [1.165, 1.54) is 153 Å². The van der Waals surface area contributed by atoms with Gasteiger partial charge >= 0.3 is 11.9 Å². The Labute approximate surface area is 282 Å². The van der Waals surface area contributed by atoms with Crippen LogP contribution in [-0.2, 0) is 9.47 Å². The van der Waals surface area contributed by atoms with Gasteiger partial charge in [0, 0.05) is 0 Å². The normalized spacial score (nSPS) is 12.6. The lowest BCUT2D eigenvalue weighted by Crippen LogP contribution is -2.19. The molecule has 0 saturated carbocycles. The van der Waals surface area contributed by atoms with E-state index in [4.69, 9.17) is 9.47 Å². The van der Waals surface area contributed by atoms with Crippen molar-refractivity contribution in [1.29, 1.82) is 0 Å². The van der Waals surface area contributed by atoms with E-state index < -0.39 is 24.1 Å². The molecule has 0 fully saturated rings. The largest absolute Gasteiger partial charge is 0.459 e. The maximum Gasteiger partial charge on any atom is 0.338 e. The monoisotopic (exact) mass is 647 g/mol. The van der Waals surface area contributed by atoms with Crippen LogP contribution in [0.1, 0.15) is 202 Å². The minimum atomic E-state index is -0.664. The van der Waals surface area contributed by atoms with E-state index in [1.807, 2.05) is 0 Å². The predicted molar refractivity (Wildman–Crippen MR) is 190 cm³/mol. The van der Waals surface area contributed by atoms with Gasteiger partial charge in [-0.15, -0.1) is 0 Å². The molecule has 0 aliphatic heterocycles. The van der Waals surface area contributed by atoms with Crippen molar-refractivity contribution in [2.24, 2.45) is 0 Å². The molecule has 6 heteroatoms. The van der Waals surface area contributed by atoms with Crippen molar-refractivity contribution in [3.63, 3.8) is 0 Å². The molecule has 2 N–H and O–H groups in total. The molecule has 0 radical (unpaired) electrons. The van der Waals surface area contributed by atoms with Crippen LogP contribution in [0.4, 0.5) is 0 Å². The highest BCUT2D eigenvalue weighted by atomic mass is 16.5. The minimum absolute atomic E-state index is 0.0300. The van der Waals surface area contributed by atoms with Crippen LogP contribution in [0.5, 0.6) is 0 Å². The van der Waals surface area contributed by atoms with E-state index in [0.29, 0.717) is 24.0 Å². The smallest absolute Gasteiger partial charge is 0.338 e. The summed E-state index contributed by atoms with van der Waals surface area (Å²) in [6.07, 6.45) is 30.4. The predicted octanol–water partition coefficient (Wildman–Crippen LogP) is 10.9. The third kappa shape index (κ3) is 24.3. The number of carbonyl (C=O) groups excluding carboxylic acids is 2. The number of hydrogen-bond donors (Lipinski definition) is 2. The number of unbranched alkanes of at least 4 members (excludes halogenated alkanes) is 22. The number of benzene rings is 1. The highest BCUT2D eigenvalue weighted by Gasteiger charge is 2.14. The van der Waals surface area contributed by atoms with Crippen LogP contribution in [0.25, 0.3) is 0 Å². The fourth-order valence-corrected chi connectivity index (χ4v) is 5.86. The standard InChI is InChI=1S/C40H70O6/c1-3-5-7-9-11-13-15-17-19-21-23-25-27-37(41)33-45-39(43)35-29-31-36(32-30-35)40(44)46-34-38(42)28-26-24-22-20-18-16-14-12-10-8-6-4-2/h29-32,37-38,41-42H,3-28,33-34H2,1-2H3. The maximum atomic E-state index is 12.4. The minimum Gasteiger partial charge on any atom is -0.459 e. The molecule has 0 aliphatic rings. The lowest BCUT2D eigenvalue weighted by molar-refractivity contribution is 0.0225. The van der Waals surface area contributed by atoms with Gasteiger partial charge in [0.05, 0.1) is 23.3 Å². The molecule has 1 aromatic carbocycles. The first-order chi connectivity index (χ1) is 22.5. The Morgan fingerprint density at radius 2 is 0.696 bits per heavy atom. The van der Waals surface area contributed by atoms with Crippen LogP contribution < -0.4 is 0 Å². The van der Waals surface area contributed by atoms with E-state index in [2.05, 4.69) is 13.8 Å². The number of carbonyl (C=O) groups is 2. The molecular formula is C40H70O6. The van der Waals surface area contributed by atoms with Gasteiger partial charge in [-0.1, -0.05) is 168 Å². The number of aliphatic hydroxyl groups is 2. The van der Waals surface area contributed by atoms with Crippen LogP contribution in [0.3, 0.4) is 0 Å². The maximum absolute atomic E-state index is 12.4. The zero-order valence-corrected chi connectivity index (χ0v) is 29.8. The van der Waals surface area contributed by atoms with Gasteiger partial charge in [0.1, 0.15) is 13.2 Å². The molecule has 2 unspecified atom stereocenters. The molecule has 1 aromatic rings. The van der Waals surface area contributed by atoms with Crippen molar-refractivity contribution >= 4 is 11.9 Å². The van der Waals surface area contributed by atoms with Crippen molar-refractivity contribution in [2.45, 2.75) is 193 Å². The zero-order valence-electron chi connectivity index (χ0n) is 29.8. The first kappa shape index (κ1) is 42.1. The molecule has 1 rings (SSSR count). The van der Waals surface area contributed by atoms with Gasteiger partial charge in [-0.05, 0) is 37.1 Å². The Balaban J connectivity index is 2.06. The molecule has 0 aliphatic carbocycles. The highest BCUT2D eigenvalue weighted by molar-refractivity contribution is 5.93. The second kappa shape index (κ2) is 30.4. The summed E-state index contributed by atoms with van der Waals surface area (Å²) in [4.78, 5) is 24.8. The van der Waals surface area contributed by atoms with Gasteiger partial charge in [-0.3, -0.25) is 0 Å². The van der Waals surface area contributed by atoms with Crippen molar-refractivity contribution in [1.82, 2.24) is 0 Å². The van der Waals surface area contributed by atoms with Gasteiger partial charge < -0.3 is 19.7 Å². The van der Waals surface area contributed by atoms with E-state index in [1.54, 1.807) is 0 Å². The molecule has 0 bridgehead atoms. The van der Waals surface area contributed by atoms with Crippen LogP contribution in [0.2, 0.25) is 0 Å². The topological polar surface area (TPSA) is 93.1 Å². The second-order valence-electron chi connectivity index (χ2n) is 13.4. The lowest BCUT2D eigenvalue weighted by atomic mass is 10.0. The number of hydrogen-bond acceptors (Lipinski definition) is 6. The Bertz CT molecular complexity index is 770. The van der Waals surface area contributed by atoms with Gasteiger partial charge in [0.25, 0.3) is 0 Å². The molecule has 266 valence electrons. The molecule has 46 heavy (non-hydrogen) atoms. The third-order valence-electron chi connectivity index (χ3n) is 8.95. The Kier molecular flexibility index (Phi) is 27.8. The summed E-state index contributed by atoms with van der Waals surface area (Å²) >= 11 is 0. The fraction of sp³-hybridized carbons (Fsp3) is 0.800. The third-order valence-corrected chi connectivity index (χ3v) is 8.95. The van der Waals surface area contributed by atoms with E-state index >= 15 is 0 Å². The van der Waals surface area contributed by atoms with E-state index in [9.17, 15) is 19.8 Å². The van der Waals surface area contributed by atoms with Crippen molar-refractivity contribution in [3.8, 4) is 0 Å². The average Bonchev–Trinajstić information content (AvgIpc) is 3.07. The molecule has 0 aromatic heterocycles. The quantitative estimate of drug-likeness (QED) is 0.0597. The second-order valence-corrected chi connectivity index (χ2v) is 13.4. The molecule has 0 heterocycles. The highest BCUT2D eigenvalue weighted by Crippen LogP contribution is 2.15. The summed E-state index contributed by atoms with van der Waals surface area (Å²) in [5.74, 6) is -1.04. The van der Waals surface area contributed by atoms with Crippen LogP contribution in [0.15, 0.2) is 24.3 Å². The summed E-state index contributed by atoms with van der Waals surface area (Å²) in [6, 6.07) is 6.11. The van der Waals surface area contributed by atoms with Gasteiger partial charge in [0.2, 0.25) is 0 Å². The van der Waals surface area contributed by atoms with Crippen molar-refractivity contribution in [3.05, 3.63) is 35.4 Å². The number of rotatable bonds is 32. The van der Waals surface area contributed by atoms with Gasteiger partial charge in [-0.2, -0.15) is 0 Å². The zero-order chi connectivity index (χ0) is 33.5. The molecular weight excluding hydrogens is 576 g/mol. The van der Waals surface area contributed by atoms with E-state index in [-0.39, 0.29) is 13.2 Å². The SMILES string of the molecule is CCCCCCCCCCCCCCC(O)COC(=O)c1ccc(C(=O)OCC(O)CCCCCCCCCCCCCC)cc1. The van der Waals surface area contributed by atoms with Crippen molar-refractivity contribution in [2.75, 3.05) is 13.2 Å². The van der Waals surface area contributed by atoms with E-state index in [0.717, 1.165) is 25.7 Å². The molecule has 0 saturated heterocycles. The summed E-state index contributed by atoms with van der Waals surface area (Å²) in [5.41, 5.74) is 0.641. The van der Waals surface area contributed by atoms with Crippen LogP contribution >= 0.6 is 0 Å². The molecule has 2 atom stereocenters. The van der Waals surface area contributed by atoms with Gasteiger partial charge in [-0.25, -0.2) is 9.59 Å². The molecule has 6 nitrogen and oxygen atoms in total. The Morgan fingerprint density at radius 3 is 0.957 bits per heavy atom. The fourth-order valence-electron chi connectivity index (χ4n) is 5.86. The first-order valence-electron chi connectivity index (χ1n) is 19.3. The molecule has 0 spiro atoms. The summed E-state index contributed by atoms with van der Waals surface area (Å²) < 4.78 is 10.6. The summed E-state index contributed by atoms with van der Waals surface area (Å²) in [7, 11) is 0. The number of aliphatic hydroxyl groups excluding tert-OH is 2. The van der Waals surface area contributed by atoms with Gasteiger partial charge in [0.15, 0.2) is 0 Å². The van der Waals surface area contributed by atoms with Crippen LogP contribution in [0, 0.1) is 0 Å². The Hall–Kier alpha value is -1.92. The first-order valence-corrected chi connectivity index (χ1v) is 19.3. The number of esters is 2. The average molecular weight is 647 g/mol. The lowest BCUT2D eigenvalue weighted by Gasteiger charge is -2.12. The molecule has 0 amide bonds. The summed E-state index contributed by atoms with van der Waals surface area (Å²) in [6.45, 7) is 4.45. The van der Waals surface area contributed by atoms with Crippen LogP contribution in [-0.4, -0.2) is 47.6 Å².